The molecule has 5 nitrogen and oxygen atoms in total. The zero-order valence-electron chi connectivity index (χ0n) is 10.8. The molecule has 0 aliphatic carbocycles. The first-order valence-corrected chi connectivity index (χ1v) is 6.26. The van der Waals surface area contributed by atoms with Crippen LogP contribution in [0, 0.1) is 0 Å². The van der Waals surface area contributed by atoms with Crippen molar-refractivity contribution in [3.05, 3.63) is 35.4 Å². The van der Waals surface area contributed by atoms with Gasteiger partial charge in [-0.3, -0.25) is 4.79 Å². The van der Waals surface area contributed by atoms with Crippen molar-refractivity contribution in [1.29, 1.82) is 0 Å². The van der Waals surface area contributed by atoms with E-state index in [9.17, 15) is 9.59 Å². The second kappa shape index (κ2) is 5.84. The van der Waals surface area contributed by atoms with Gasteiger partial charge in [0.15, 0.2) is 0 Å². The van der Waals surface area contributed by atoms with Crippen LogP contribution in [0.4, 0.5) is 0 Å². The fraction of sp³-hybridized carbons (Fsp3) is 0.429. The molecule has 1 fully saturated rings. The van der Waals surface area contributed by atoms with Crippen LogP contribution in [0.3, 0.4) is 0 Å². The average molecular weight is 263 g/mol. The van der Waals surface area contributed by atoms with Crippen LogP contribution in [0.5, 0.6) is 0 Å². The van der Waals surface area contributed by atoms with Gasteiger partial charge in [0.05, 0.1) is 18.2 Å². The van der Waals surface area contributed by atoms with E-state index < -0.39 is 5.97 Å². The van der Waals surface area contributed by atoms with E-state index in [0.29, 0.717) is 18.7 Å². The SMILES string of the molecule is COCC1CCCN1C(=O)c1cccc(C(=O)O)c1. The molecule has 1 aliphatic heterocycles. The zero-order valence-corrected chi connectivity index (χ0v) is 10.8. The number of likely N-dealkylation sites (tertiary alicyclic amines) is 1. The summed E-state index contributed by atoms with van der Waals surface area (Å²) in [6.45, 7) is 1.22. The Hall–Kier alpha value is -1.88. The van der Waals surface area contributed by atoms with Crippen molar-refractivity contribution in [1.82, 2.24) is 4.90 Å². The Morgan fingerprint density at radius 3 is 2.84 bits per heavy atom. The van der Waals surface area contributed by atoms with Crippen molar-refractivity contribution < 1.29 is 19.4 Å². The Balaban J connectivity index is 2.19. The van der Waals surface area contributed by atoms with E-state index >= 15 is 0 Å². The topological polar surface area (TPSA) is 66.8 Å². The lowest BCUT2D eigenvalue weighted by Crippen LogP contribution is -2.38. The van der Waals surface area contributed by atoms with E-state index in [-0.39, 0.29) is 17.5 Å². The highest BCUT2D eigenvalue weighted by molar-refractivity contribution is 5.97. The molecule has 2 rings (SSSR count). The number of rotatable bonds is 4. The summed E-state index contributed by atoms with van der Waals surface area (Å²) < 4.78 is 5.12. The van der Waals surface area contributed by atoms with Gasteiger partial charge in [-0.2, -0.15) is 0 Å². The van der Waals surface area contributed by atoms with Crippen molar-refractivity contribution in [3.8, 4) is 0 Å². The van der Waals surface area contributed by atoms with Gasteiger partial charge in [-0.1, -0.05) is 6.07 Å². The molecule has 1 aromatic rings. The van der Waals surface area contributed by atoms with Crippen LogP contribution < -0.4 is 0 Å². The van der Waals surface area contributed by atoms with Crippen molar-refractivity contribution in [2.75, 3.05) is 20.3 Å². The highest BCUT2D eigenvalue weighted by Gasteiger charge is 2.29. The van der Waals surface area contributed by atoms with Gasteiger partial charge in [-0.05, 0) is 31.0 Å². The number of nitrogens with zero attached hydrogens (tertiary/aromatic N) is 1. The molecule has 0 saturated carbocycles. The standard InChI is InChI=1S/C14H17NO4/c1-19-9-12-6-3-7-15(12)13(16)10-4-2-5-11(8-10)14(17)18/h2,4-5,8,12H,3,6-7,9H2,1H3,(H,17,18). The molecule has 1 atom stereocenters. The maximum absolute atomic E-state index is 12.4. The lowest BCUT2D eigenvalue weighted by Gasteiger charge is -2.24. The molecule has 1 aromatic carbocycles. The Labute approximate surface area is 111 Å². The minimum Gasteiger partial charge on any atom is -0.478 e. The molecule has 0 radical (unpaired) electrons. The van der Waals surface area contributed by atoms with Gasteiger partial charge in [0.2, 0.25) is 0 Å². The Kier molecular flexibility index (Phi) is 4.16. The number of hydrogen-bond acceptors (Lipinski definition) is 3. The number of hydrogen-bond donors (Lipinski definition) is 1. The number of carbonyl (C=O) groups excluding carboxylic acids is 1. The second-order valence-electron chi connectivity index (χ2n) is 4.64. The van der Waals surface area contributed by atoms with Gasteiger partial charge in [0.1, 0.15) is 0 Å². The second-order valence-corrected chi connectivity index (χ2v) is 4.64. The van der Waals surface area contributed by atoms with Crippen LogP contribution in [0.25, 0.3) is 0 Å². The summed E-state index contributed by atoms with van der Waals surface area (Å²) in [5.74, 6) is -1.15. The van der Waals surface area contributed by atoms with Crippen LogP contribution in [0.15, 0.2) is 24.3 Å². The number of ether oxygens (including phenoxy) is 1. The van der Waals surface area contributed by atoms with Gasteiger partial charge in [-0.15, -0.1) is 0 Å². The molecule has 1 aliphatic rings. The number of benzene rings is 1. The van der Waals surface area contributed by atoms with E-state index in [1.165, 1.54) is 12.1 Å². The predicted octanol–water partition coefficient (Wildman–Crippen LogP) is 1.64. The number of methoxy groups -OCH3 is 1. The predicted molar refractivity (Wildman–Crippen MR) is 69.3 cm³/mol. The molecule has 0 bridgehead atoms. The van der Waals surface area contributed by atoms with Crippen LogP contribution >= 0.6 is 0 Å². The number of carbonyl (C=O) groups is 2. The van der Waals surface area contributed by atoms with Gasteiger partial charge in [0, 0.05) is 19.2 Å². The zero-order chi connectivity index (χ0) is 13.8. The third-order valence-electron chi connectivity index (χ3n) is 3.35. The molecule has 19 heavy (non-hydrogen) atoms. The van der Waals surface area contributed by atoms with Crippen LogP contribution in [0.2, 0.25) is 0 Å². The smallest absolute Gasteiger partial charge is 0.335 e. The van der Waals surface area contributed by atoms with E-state index in [1.807, 2.05) is 0 Å². The summed E-state index contributed by atoms with van der Waals surface area (Å²) in [7, 11) is 1.62. The Morgan fingerprint density at radius 2 is 2.16 bits per heavy atom. The van der Waals surface area contributed by atoms with Gasteiger partial charge < -0.3 is 14.7 Å². The fourth-order valence-corrected chi connectivity index (χ4v) is 2.42. The lowest BCUT2D eigenvalue weighted by atomic mass is 10.1. The summed E-state index contributed by atoms with van der Waals surface area (Å²) in [5, 5.41) is 8.95. The molecule has 1 saturated heterocycles. The number of carboxylic acids is 1. The molecule has 1 N–H and O–H groups in total. The van der Waals surface area contributed by atoms with E-state index in [1.54, 1.807) is 24.1 Å². The monoisotopic (exact) mass is 263 g/mol. The summed E-state index contributed by atoms with van der Waals surface area (Å²) >= 11 is 0. The van der Waals surface area contributed by atoms with Gasteiger partial charge in [-0.25, -0.2) is 4.79 Å². The van der Waals surface area contributed by atoms with Gasteiger partial charge in [0.25, 0.3) is 5.91 Å². The molecule has 5 heteroatoms. The molecule has 1 amide bonds. The van der Waals surface area contributed by atoms with Crippen molar-refractivity contribution in [3.63, 3.8) is 0 Å². The van der Waals surface area contributed by atoms with Crippen LogP contribution in [0.1, 0.15) is 33.6 Å². The van der Waals surface area contributed by atoms with E-state index in [2.05, 4.69) is 0 Å². The normalized spacial score (nSPS) is 18.6. The quantitative estimate of drug-likeness (QED) is 0.896. The molecule has 0 aromatic heterocycles. The summed E-state index contributed by atoms with van der Waals surface area (Å²) in [6.07, 6.45) is 1.89. The summed E-state index contributed by atoms with van der Waals surface area (Å²) in [5.41, 5.74) is 0.552. The molecule has 0 spiro atoms. The van der Waals surface area contributed by atoms with Crippen molar-refractivity contribution >= 4 is 11.9 Å². The highest BCUT2D eigenvalue weighted by atomic mass is 16.5. The van der Waals surface area contributed by atoms with Crippen LogP contribution in [-0.2, 0) is 4.74 Å². The molecular weight excluding hydrogens is 246 g/mol. The third kappa shape index (κ3) is 2.93. The van der Waals surface area contributed by atoms with Gasteiger partial charge >= 0.3 is 5.97 Å². The van der Waals surface area contributed by atoms with Crippen molar-refractivity contribution in [2.45, 2.75) is 18.9 Å². The number of amides is 1. The Bertz CT molecular complexity index is 486. The minimum absolute atomic E-state index is 0.0889. The molecule has 1 heterocycles. The first-order valence-electron chi connectivity index (χ1n) is 6.26. The number of carboxylic acid groups (broad SMARTS) is 1. The summed E-state index contributed by atoms with van der Waals surface area (Å²) in [4.78, 5) is 25.1. The largest absolute Gasteiger partial charge is 0.478 e. The first kappa shape index (κ1) is 13.5. The maximum atomic E-state index is 12.4. The van der Waals surface area contributed by atoms with Crippen LogP contribution in [-0.4, -0.2) is 48.2 Å². The average Bonchev–Trinajstić information content (AvgIpc) is 2.86. The van der Waals surface area contributed by atoms with E-state index in [4.69, 9.17) is 9.84 Å². The molecular formula is C14H17NO4. The first-order chi connectivity index (χ1) is 9.13. The molecule has 1 unspecified atom stereocenters. The molecule has 102 valence electrons. The lowest BCUT2D eigenvalue weighted by molar-refractivity contribution is 0.0630. The third-order valence-corrected chi connectivity index (χ3v) is 3.35. The highest BCUT2D eigenvalue weighted by Crippen LogP contribution is 2.20. The fourth-order valence-electron chi connectivity index (χ4n) is 2.42. The summed E-state index contributed by atoms with van der Waals surface area (Å²) in [6, 6.07) is 6.24. The number of aromatic carboxylic acids is 1. The minimum atomic E-state index is -1.02. The Morgan fingerprint density at radius 1 is 1.42 bits per heavy atom. The van der Waals surface area contributed by atoms with Crippen molar-refractivity contribution in [2.24, 2.45) is 0 Å². The van der Waals surface area contributed by atoms with E-state index in [0.717, 1.165) is 12.8 Å². The maximum Gasteiger partial charge on any atom is 0.335 e.